The first-order valence-electron chi connectivity index (χ1n) is 10.7. The van der Waals surface area contributed by atoms with Gasteiger partial charge in [0, 0.05) is 40.5 Å². The number of nitrogens with zero attached hydrogens (tertiary/aromatic N) is 1. The molecule has 2 aromatic carbocycles. The van der Waals surface area contributed by atoms with Gasteiger partial charge in [0.05, 0.1) is 25.8 Å². The van der Waals surface area contributed by atoms with Gasteiger partial charge in [-0.2, -0.15) is 0 Å². The number of aromatic nitrogens is 2. The van der Waals surface area contributed by atoms with E-state index < -0.39 is 0 Å². The number of nitrogens with one attached hydrogen (secondary N) is 1. The Hall–Kier alpha value is -3.47. The van der Waals surface area contributed by atoms with E-state index in [9.17, 15) is 4.79 Å². The standard InChI is InChI=1S/C26H26N2O3/c1-5-31-26(29)25-19(24-15(2)10-11-23(30-4)16(24)3)13-28-14-21-18(12-22(25)28)17-8-6-7-9-20(17)27-21/h6-11,13,27H,5,12,14H2,1-4H3. The Morgan fingerprint density at radius 3 is 2.74 bits per heavy atom. The molecule has 1 aliphatic heterocycles. The van der Waals surface area contributed by atoms with Gasteiger partial charge in [0.25, 0.3) is 0 Å². The van der Waals surface area contributed by atoms with Crippen LogP contribution in [0.4, 0.5) is 0 Å². The fourth-order valence-corrected chi connectivity index (χ4v) is 4.94. The van der Waals surface area contributed by atoms with E-state index in [1.54, 1.807) is 7.11 Å². The van der Waals surface area contributed by atoms with Gasteiger partial charge < -0.3 is 19.0 Å². The van der Waals surface area contributed by atoms with Crippen molar-refractivity contribution in [3.63, 3.8) is 0 Å². The second-order valence-electron chi connectivity index (χ2n) is 8.10. The lowest BCUT2D eigenvalue weighted by atomic mass is 9.92. The van der Waals surface area contributed by atoms with Crippen LogP contribution in [0.15, 0.2) is 42.6 Å². The number of methoxy groups -OCH3 is 1. The van der Waals surface area contributed by atoms with Gasteiger partial charge >= 0.3 is 5.97 Å². The van der Waals surface area contributed by atoms with Crippen molar-refractivity contribution < 1.29 is 14.3 Å². The van der Waals surface area contributed by atoms with Crippen LogP contribution >= 0.6 is 0 Å². The number of aryl methyl sites for hydroxylation is 1. The van der Waals surface area contributed by atoms with Crippen molar-refractivity contribution in [3.05, 3.63) is 76.2 Å². The Labute approximate surface area is 181 Å². The van der Waals surface area contributed by atoms with Crippen molar-refractivity contribution in [2.45, 2.75) is 33.7 Å². The number of rotatable bonds is 4. The molecular formula is C26H26N2O3. The van der Waals surface area contributed by atoms with Crippen molar-refractivity contribution in [3.8, 4) is 16.9 Å². The van der Waals surface area contributed by atoms with Crippen LogP contribution in [0.2, 0.25) is 0 Å². The quantitative estimate of drug-likeness (QED) is 0.401. The van der Waals surface area contributed by atoms with Gasteiger partial charge in [0.1, 0.15) is 5.75 Å². The summed E-state index contributed by atoms with van der Waals surface area (Å²) >= 11 is 0. The van der Waals surface area contributed by atoms with Crippen LogP contribution in [0.25, 0.3) is 22.0 Å². The highest BCUT2D eigenvalue weighted by Crippen LogP contribution is 2.40. The van der Waals surface area contributed by atoms with Crippen molar-refractivity contribution in [2.24, 2.45) is 0 Å². The molecule has 1 aliphatic rings. The molecule has 5 nitrogen and oxygen atoms in total. The lowest BCUT2D eigenvalue weighted by Gasteiger charge is -2.18. The van der Waals surface area contributed by atoms with Gasteiger partial charge in [-0.3, -0.25) is 0 Å². The molecule has 0 atom stereocenters. The van der Waals surface area contributed by atoms with Crippen molar-refractivity contribution in [1.29, 1.82) is 0 Å². The number of hydrogen-bond acceptors (Lipinski definition) is 3. The molecule has 4 aromatic rings. The van der Waals surface area contributed by atoms with Crippen LogP contribution in [0.1, 0.15) is 45.4 Å². The first-order valence-corrected chi connectivity index (χ1v) is 10.7. The maximum absolute atomic E-state index is 13.2. The molecule has 0 amide bonds. The Kier molecular flexibility index (Phi) is 4.62. The van der Waals surface area contributed by atoms with E-state index in [0.29, 0.717) is 25.1 Å². The summed E-state index contributed by atoms with van der Waals surface area (Å²) in [6, 6.07) is 12.4. The van der Waals surface area contributed by atoms with E-state index >= 15 is 0 Å². The zero-order valence-electron chi connectivity index (χ0n) is 18.3. The molecule has 158 valence electrons. The Morgan fingerprint density at radius 2 is 1.97 bits per heavy atom. The highest BCUT2D eigenvalue weighted by atomic mass is 16.5. The van der Waals surface area contributed by atoms with Crippen LogP contribution < -0.4 is 4.74 Å². The molecule has 0 saturated heterocycles. The fourth-order valence-electron chi connectivity index (χ4n) is 4.94. The Balaban J connectivity index is 1.73. The average molecular weight is 415 g/mol. The number of fused-ring (bicyclic) bond motifs is 4. The summed E-state index contributed by atoms with van der Waals surface area (Å²) < 4.78 is 13.3. The topological polar surface area (TPSA) is 56.2 Å². The smallest absolute Gasteiger partial charge is 0.340 e. The zero-order chi connectivity index (χ0) is 21.7. The molecule has 1 N–H and O–H groups in total. The van der Waals surface area contributed by atoms with Crippen LogP contribution in [-0.4, -0.2) is 29.2 Å². The summed E-state index contributed by atoms with van der Waals surface area (Å²) in [5, 5.41) is 1.22. The third kappa shape index (κ3) is 2.95. The van der Waals surface area contributed by atoms with E-state index in [1.807, 2.05) is 32.0 Å². The summed E-state index contributed by atoms with van der Waals surface area (Å²) in [5.74, 6) is 0.548. The molecule has 5 heteroatoms. The maximum Gasteiger partial charge on any atom is 0.340 e. The summed E-state index contributed by atoms with van der Waals surface area (Å²) in [5.41, 5.74) is 9.35. The van der Waals surface area contributed by atoms with Crippen molar-refractivity contribution >= 4 is 16.9 Å². The van der Waals surface area contributed by atoms with Crippen molar-refractivity contribution in [1.82, 2.24) is 9.55 Å². The van der Waals surface area contributed by atoms with E-state index in [-0.39, 0.29) is 5.97 Å². The van der Waals surface area contributed by atoms with E-state index in [0.717, 1.165) is 39.2 Å². The number of carbonyl (C=O) groups excluding carboxylic acids is 1. The van der Waals surface area contributed by atoms with Crippen LogP contribution in [0, 0.1) is 13.8 Å². The minimum absolute atomic E-state index is 0.267. The number of para-hydroxylation sites is 1. The fraction of sp³-hybridized carbons (Fsp3) is 0.269. The summed E-state index contributed by atoms with van der Waals surface area (Å²) in [6.45, 7) is 7.01. The van der Waals surface area contributed by atoms with Crippen LogP contribution in [0.3, 0.4) is 0 Å². The van der Waals surface area contributed by atoms with Gasteiger partial charge in [-0.25, -0.2) is 4.79 Å². The summed E-state index contributed by atoms with van der Waals surface area (Å²) in [4.78, 5) is 16.8. The molecule has 0 spiro atoms. The van der Waals surface area contributed by atoms with E-state index in [1.165, 1.54) is 16.6 Å². The number of H-pyrrole nitrogens is 1. The number of aromatic amines is 1. The number of ether oxygens (including phenoxy) is 2. The lowest BCUT2D eigenvalue weighted by molar-refractivity contribution is 0.0526. The number of hydrogen-bond donors (Lipinski definition) is 1. The molecule has 0 bridgehead atoms. The maximum atomic E-state index is 13.2. The zero-order valence-corrected chi connectivity index (χ0v) is 18.3. The molecule has 31 heavy (non-hydrogen) atoms. The monoisotopic (exact) mass is 414 g/mol. The van der Waals surface area contributed by atoms with Gasteiger partial charge in [-0.05, 0) is 55.2 Å². The normalized spacial score (nSPS) is 12.5. The summed E-state index contributed by atoms with van der Waals surface area (Å²) in [6.07, 6.45) is 2.79. The molecule has 0 aliphatic carbocycles. The molecular weight excluding hydrogens is 388 g/mol. The predicted molar refractivity (Wildman–Crippen MR) is 122 cm³/mol. The Morgan fingerprint density at radius 1 is 1.16 bits per heavy atom. The molecule has 5 rings (SSSR count). The lowest BCUT2D eigenvalue weighted by Crippen LogP contribution is -2.16. The Bertz CT molecular complexity index is 1330. The molecule has 0 fully saturated rings. The minimum Gasteiger partial charge on any atom is -0.496 e. The third-order valence-electron chi connectivity index (χ3n) is 6.36. The SMILES string of the molecule is CCOC(=O)c1c(-c2c(C)ccc(OC)c2C)cn2c1Cc1c([nH]c3ccccc13)C2. The average Bonchev–Trinajstić information content (AvgIpc) is 3.30. The van der Waals surface area contributed by atoms with Gasteiger partial charge in [0.15, 0.2) is 0 Å². The summed E-state index contributed by atoms with van der Waals surface area (Å²) in [7, 11) is 1.68. The first kappa shape index (κ1) is 19.5. The number of benzene rings is 2. The number of carbonyl (C=O) groups is 1. The second kappa shape index (κ2) is 7.34. The highest BCUT2D eigenvalue weighted by molar-refractivity contribution is 6.00. The number of esters is 1. The molecule has 3 heterocycles. The van der Waals surface area contributed by atoms with Crippen molar-refractivity contribution in [2.75, 3.05) is 13.7 Å². The first-order chi connectivity index (χ1) is 15.0. The van der Waals surface area contributed by atoms with Gasteiger partial charge in [-0.1, -0.05) is 24.3 Å². The van der Waals surface area contributed by atoms with Crippen LogP contribution in [0.5, 0.6) is 5.75 Å². The molecule has 0 unspecified atom stereocenters. The second-order valence-corrected chi connectivity index (χ2v) is 8.10. The predicted octanol–water partition coefficient (Wildman–Crippen LogP) is 5.39. The molecule has 0 radical (unpaired) electrons. The van der Waals surface area contributed by atoms with Crippen LogP contribution in [-0.2, 0) is 17.7 Å². The van der Waals surface area contributed by atoms with E-state index in [4.69, 9.17) is 9.47 Å². The molecule has 2 aromatic heterocycles. The third-order valence-corrected chi connectivity index (χ3v) is 6.36. The largest absolute Gasteiger partial charge is 0.496 e. The van der Waals surface area contributed by atoms with E-state index in [2.05, 4.69) is 40.9 Å². The van der Waals surface area contributed by atoms with Gasteiger partial charge in [-0.15, -0.1) is 0 Å². The van der Waals surface area contributed by atoms with Gasteiger partial charge in [0.2, 0.25) is 0 Å². The molecule has 0 saturated carbocycles. The highest BCUT2D eigenvalue weighted by Gasteiger charge is 2.30. The minimum atomic E-state index is -0.267.